The lowest BCUT2D eigenvalue weighted by Crippen LogP contribution is -2.27. The first-order valence-electron chi connectivity index (χ1n) is 4.86. The minimum atomic E-state index is 0.702. The Kier molecular flexibility index (Phi) is 2.39. The van der Waals surface area contributed by atoms with Gasteiger partial charge in [-0.3, -0.25) is 5.10 Å². The first-order valence-corrected chi connectivity index (χ1v) is 4.86. The number of aromatic nitrogens is 2. The second-order valence-corrected chi connectivity index (χ2v) is 3.25. The summed E-state index contributed by atoms with van der Waals surface area (Å²) in [6, 6.07) is 0. The summed E-state index contributed by atoms with van der Waals surface area (Å²) in [5, 5.41) is 9.34. The zero-order valence-electron chi connectivity index (χ0n) is 8.50. The quantitative estimate of drug-likeness (QED) is 0.741. The average molecular weight is 190 g/mol. The monoisotopic (exact) mass is 190 g/mol. The van der Waals surface area contributed by atoms with Gasteiger partial charge in [0, 0.05) is 6.42 Å². The molecule has 3 heteroatoms. The molecule has 0 spiro atoms. The van der Waals surface area contributed by atoms with Crippen LogP contribution in [0.1, 0.15) is 19.0 Å². The number of nitrogens with one attached hydrogen (secondary N) is 1. The lowest BCUT2D eigenvalue weighted by Gasteiger charge is -2.04. The summed E-state index contributed by atoms with van der Waals surface area (Å²) in [5.41, 5.74) is 1.00. The fourth-order valence-electron chi connectivity index (χ4n) is 1.67. The van der Waals surface area contributed by atoms with Gasteiger partial charge in [-0.1, -0.05) is 12.2 Å². The minimum absolute atomic E-state index is 0.702. The average Bonchev–Trinajstić information content (AvgIpc) is 2.43. The first kappa shape index (κ1) is 9.06. The molecule has 0 amide bonds. The first-order chi connectivity index (χ1) is 6.83. The summed E-state index contributed by atoms with van der Waals surface area (Å²) in [6.45, 7) is 4.70. The van der Waals surface area contributed by atoms with Crippen LogP contribution in [-0.4, -0.2) is 16.8 Å². The van der Waals surface area contributed by atoms with E-state index < -0.39 is 0 Å². The highest BCUT2D eigenvalue weighted by Crippen LogP contribution is 2.05. The topological polar surface area (TPSA) is 37.9 Å². The summed E-state index contributed by atoms with van der Waals surface area (Å²) in [4.78, 5) is 0. The molecule has 0 radical (unpaired) electrons. The third kappa shape index (κ3) is 1.45. The van der Waals surface area contributed by atoms with Crippen molar-refractivity contribution in [1.82, 2.24) is 10.2 Å². The highest BCUT2D eigenvalue weighted by atomic mass is 16.5. The van der Waals surface area contributed by atoms with Crippen LogP contribution in [0.5, 0.6) is 0 Å². The van der Waals surface area contributed by atoms with Crippen LogP contribution in [0.15, 0.2) is 12.2 Å². The maximum absolute atomic E-state index is 5.61. The number of allylic oxidation sites excluding steroid dienone is 1. The molecule has 1 N–H and O–H groups in total. The molecule has 0 atom stereocenters. The molecule has 14 heavy (non-hydrogen) atoms. The summed E-state index contributed by atoms with van der Waals surface area (Å²) in [5.74, 6) is 1.01. The fraction of sp³-hybridized carbons (Fsp3) is 0.364. The third-order valence-electron chi connectivity index (χ3n) is 2.27. The van der Waals surface area contributed by atoms with Gasteiger partial charge in [-0.2, -0.15) is 5.10 Å². The SMILES string of the molecule is CCOC1=c2c(C)n[nH]c2=CC=CC1. The van der Waals surface area contributed by atoms with E-state index in [2.05, 4.69) is 16.3 Å². The highest BCUT2D eigenvalue weighted by molar-refractivity contribution is 5.48. The van der Waals surface area contributed by atoms with Gasteiger partial charge in [0.05, 0.1) is 22.9 Å². The van der Waals surface area contributed by atoms with Gasteiger partial charge in [-0.15, -0.1) is 0 Å². The molecule has 74 valence electrons. The molecule has 0 bridgehead atoms. The van der Waals surface area contributed by atoms with Gasteiger partial charge in [-0.25, -0.2) is 0 Å². The molecule has 0 saturated heterocycles. The number of nitrogens with zero attached hydrogens (tertiary/aromatic N) is 1. The molecule has 1 aliphatic rings. The number of hydrogen-bond acceptors (Lipinski definition) is 2. The number of aromatic amines is 1. The molecule has 0 fully saturated rings. The van der Waals surface area contributed by atoms with Crippen LogP contribution in [0.2, 0.25) is 0 Å². The van der Waals surface area contributed by atoms with Crippen LogP contribution in [0.3, 0.4) is 0 Å². The molecule has 0 aliphatic heterocycles. The number of H-pyrrole nitrogens is 1. The number of aryl methyl sites for hydroxylation is 1. The molecule has 0 saturated carbocycles. The Bertz CT molecular complexity index is 468. The van der Waals surface area contributed by atoms with Crippen LogP contribution >= 0.6 is 0 Å². The van der Waals surface area contributed by atoms with E-state index in [0.717, 1.165) is 28.4 Å². The molecule has 1 aromatic rings. The Labute approximate surface area is 82.8 Å². The standard InChI is InChI=1S/C11H14N2O/c1-3-14-10-7-5-4-6-9-11(10)8(2)12-13-9/h4-6,13H,3,7H2,1-2H3. The molecule has 1 aromatic heterocycles. The van der Waals surface area contributed by atoms with Crippen LogP contribution in [-0.2, 0) is 4.74 Å². The lowest BCUT2D eigenvalue weighted by molar-refractivity contribution is 0.285. The summed E-state index contributed by atoms with van der Waals surface area (Å²) < 4.78 is 5.61. The van der Waals surface area contributed by atoms with Crippen molar-refractivity contribution >= 4 is 11.8 Å². The smallest absolute Gasteiger partial charge is 0.111 e. The van der Waals surface area contributed by atoms with Crippen molar-refractivity contribution in [2.45, 2.75) is 20.3 Å². The predicted octanol–water partition coefficient (Wildman–Crippen LogP) is 0.603. The van der Waals surface area contributed by atoms with Gasteiger partial charge in [0.15, 0.2) is 0 Å². The van der Waals surface area contributed by atoms with Gasteiger partial charge in [0.2, 0.25) is 0 Å². The van der Waals surface area contributed by atoms with E-state index >= 15 is 0 Å². The number of ether oxygens (including phenoxy) is 1. The van der Waals surface area contributed by atoms with E-state index in [1.807, 2.05) is 26.0 Å². The van der Waals surface area contributed by atoms with Crippen LogP contribution < -0.4 is 10.6 Å². The lowest BCUT2D eigenvalue weighted by atomic mass is 10.2. The van der Waals surface area contributed by atoms with Gasteiger partial charge < -0.3 is 4.74 Å². The van der Waals surface area contributed by atoms with Crippen molar-refractivity contribution in [3.05, 3.63) is 28.4 Å². The summed E-state index contributed by atoms with van der Waals surface area (Å²) in [6.07, 6.45) is 7.00. The Morgan fingerprint density at radius 2 is 2.43 bits per heavy atom. The van der Waals surface area contributed by atoms with E-state index in [1.165, 1.54) is 0 Å². The normalized spacial score (nSPS) is 14.6. The van der Waals surface area contributed by atoms with Crippen molar-refractivity contribution in [1.29, 1.82) is 0 Å². The Morgan fingerprint density at radius 1 is 1.57 bits per heavy atom. The maximum atomic E-state index is 5.61. The largest absolute Gasteiger partial charge is 0.497 e. The Morgan fingerprint density at radius 3 is 3.21 bits per heavy atom. The molecule has 3 nitrogen and oxygen atoms in total. The van der Waals surface area contributed by atoms with Crippen molar-refractivity contribution < 1.29 is 4.74 Å². The van der Waals surface area contributed by atoms with E-state index in [9.17, 15) is 0 Å². The van der Waals surface area contributed by atoms with Crippen molar-refractivity contribution in [3.8, 4) is 0 Å². The van der Waals surface area contributed by atoms with Crippen molar-refractivity contribution in [2.75, 3.05) is 6.61 Å². The number of rotatable bonds is 2. The van der Waals surface area contributed by atoms with Gasteiger partial charge >= 0.3 is 0 Å². The van der Waals surface area contributed by atoms with Crippen molar-refractivity contribution in [2.24, 2.45) is 0 Å². The zero-order chi connectivity index (χ0) is 9.97. The maximum Gasteiger partial charge on any atom is 0.111 e. The summed E-state index contributed by atoms with van der Waals surface area (Å²) in [7, 11) is 0. The molecule has 2 rings (SSSR count). The number of hydrogen-bond donors (Lipinski definition) is 1. The Balaban J connectivity index is 2.69. The van der Waals surface area contributed by atoms with E-state index in [0.29, 0.717) is 6.61 Å². The van der Waals surface area contributed by atoms with E-state index in [4.69, 9.17) is 4.74 Å². The fourth-order valence-corrected chi connectivity index (χ4v) is 1.67. The molecule has 0 aromatic carbocycles. The zero-order valence-corrected chi connectivity index (χ0v) is 8.50. The van der Waals surface area contributed by atoms with Crippen LogP contribution in [0.4, 0.5) is 0 Å². The van der Waals surface area contributed by atoms with E-state index in [-0.39, 0.29) is 0 Å². The van der Waals surface area contributed by atoms with Crippen LogP contribution in [0.25, 0.3) is 11.8 Å². The third-order valence-corrected chi connectivity index (χ3v) is 2.27. The highest BCUT2D eigenvalue weighted by Gasteiger charge is 2.05. The molecular weight excluding hydrogens is 176 g/mol. The molecule has 0 unspecified atom stereocenters. The molecular formula is C11H14N2O. The van der Waals surface area contributed by atoms with Gasteiger partial charge in [0.25, 0.3) is 0 Å². The van der Waals surface area contributed by atoms with Gasteiger partial charge in [-0.05, 0) is 19.9 Å². The molecule has 1 aliphatic carbocycles. The second-order valence-electron chi connectivity index (χ2n) is 3.25. The van der Waals surface area contributed by atoms with Gasteiger partial charge in [0.1, 0.15) is 5.76 Å². The van der Waals surface area contributed by atoms with E-state index in [1.54, 1.807) is 0 Å². The second kappa shape index (κ2) is 3.70. The summed E-state index contributed by atoms with van der Waals surface area (Å²) >= 11 is 0. The predicted molar refractivity (Wildman–Crippen MR) is 55.8 cm³/mol. The Hall–Kier alpha value is -1.51. The van der Waals surface area contributed by atoms with Crippen molar-refractivity contribution in [3.63, 3.8) is 0 Å². The molecule has 1 heterocycles. The minimum Gasteiger partial charge on any atom is -0.497 e. The van der Waals surface area contributed by atoms with Crippen LogP contribution in [0, 0.1) is 6.92 Å². The number of fused-ring (bicyclic) bond motifs is 1.